The van der Waals surface area contributed by atoms with Crippen molar-refractivity contribution in [2.45, 2.75) is 39.2 Å². The lowest BCUT2D eigenvalue weighted by Gasteiger charge is -2.14. The maximum absolute atomic E-state index is 12.1. The molecular weight excluding hydrogens is 331 g/mol. The first-order chi connectivity index (χ1) is 11.0. The molecule has 1 atom stereocenters. The first kappa shape index (κ1) is 17.8. The summed E-state index contributed by atoms with van der Waals surface area (Å²) in [4.78, 5) is 16.6. The van der Waals surface area contributed by atoms with Crippen LogP contribution in [0.25, 0.3) is 0 Å². The number of halogens is 2. The molecule has 2 rings (SSSR count). The number of amides is 1. The molecule has 2 aromatic rings. The minimum absolute atomic E-state index is 0.0738. The number of aromatic nitrogens is 1. The van der Waals surface area contributed by atoms with Crippen LogP contribution in [0.5, 0.6) is 0 Å². The molecule has 1 heterocycles. The normalized spacial score (nSPS) is 12.0. The molecule has 1 aromatic carbocycles. The van der Waals surface area contributed by atoms with E-state index in [9.17, 15) is 4.79 Å². The van der Waals surface area contributed by atoms with Crippen LogP contribution in [0.4, 0.5) is 0 Å². The van der Waals surface area contributed by atoms with Crippen molar-refractivity contribution in [1.29, 1.82) is 0 Å². The van der Waals surface area contributed by atoms with E-state index in [1.54, 1.807) is 18.2 Å². The molecule has 0 radical (unpaired) electrons. The van der Waals surface area contributed by atoms with Gasteiger partial charge in [-0.15, -0.1) is 0 Å². The van der Waals surface area contributed by atoms with Gasteiger partial charge in [-0.25, -0.2) is 0 Å². The summed E-state index contributed by atoms with van der Waals surface area (Å²) in [7, 11) is 0. The lowest BCUT2D eigenvalue weighted by molar-refractivity contribution is -0.121. The molecule has 3 nitrogen and oxygen atoms in total. The summed E-state index contributed by atoms with van der Waals surface area (Å²) in [6, 6.07) is 9.11. The number of benzene rings is 1. The number of pyridine rings is 1. The van der Waals surface area contributed by atoms with Crippen LogP contribution in [0.15, 0.2) is 36.5 Å². The molecule has 0 saturated carbocycles. The average Bonchev–Trinajstić information content (AvgIpc) is 2.52. The number of carbonyl (C=O) groups excluding carboxylic acids is 1. The van der Waals surface area contributed by atoms with E-state index in [4.69, 9.17) is 23.2 Å². The number of hydrogen-bond donors (Lipinski definition) is 1. The number of aryl methyl sites for hydroxylation is 1. The van der Waals surface area contributed by atoms with E-state index in [2.05, 4.69) is 23.3 Å². The summed E-state index contributed by atoms with van der Waals surface area (Å²) in [5.74, 6) is -0.0738. The average molecular weight is 351 g/mol. The van der Waals surface area contributed by atoms with Crippen LogP contribution in [0, 0.1) is 0 Å². The summed E-state index contributed by atoms with van der Waals surface area (Å²) in [5.41, 5.74) is 2.90. The van der Waals surface area contributed by atoms with Crippen molar-refractivity contribution in [3.63, 3.8) is 0 Å². The maximum atomic E-state index is 12.1. The van der Waals surface area contributed by atoms with Crippen LogP contribution >= 0.6 is 23.2 Å². The second-order valence-corrected chi connectivity index (χ2v) is 6.37. The summed E-state index contributed by atoms with van der Waals surface area (Å²) in [5, 5.41) is 3.90. The summed E-state index contributed by atoms with van der Waals surface area (Å²) in [6.45, 7) is 4.06. The minimum Gasteiger partial charge on any atom is -0.348 e. The highest BCUT2D eigenvalue weighted by Gasteiger charge is 2.12. The van der Waals surface area contributed by atoms with Crippen LogP contribution in [0.3, 0.4) is 0 Å². The SMILES string of the molecule is CCCc1ccc(C(C)NC(=O)Cc2ccc(Cl)c(Cl)c2)nc1. The Kier molecular flexibility index (Phi) is 6.43. The molecule has 23 heavy (non-hydrogen) atoms. The number of hydrogen-bond acceptors (Lipinski definition) is 2. The standard InChI is InChI=1S/C18H20Cl2N2O/c1-3-4-13-6-8-17(21-11-13)12(2)22-18(23)10-14-5-7-15(19)16(20)9-14/h5-9,11-12H,3-4,10H2,1-2H3,(H,22,23). The van der Waals surface area contributed by atoms with Gasteiger partial charge in [0, 0.05) is 6.20 Å². The summed E-state index contributed by atoms with van der Waals surface area (Å²) >= 11 is 11.8. The molecule has 1 N–H and O–H groups in total. The first-order valence-corrected chi connectivity index (χ1v) is 8.43. The number of nitrogens with one attached hydrogen (secondary N) is 1. The highest BCUT2D eigenvalue weighted by atomic mass is 35.5. The van der Waals surface area contributed by atoms with Gasteiger partial charge >= 0.3 is 0 Å². The molecule has 122 valence electrons. The largest absolute Gasteiger partial charge is 0.348 e. The lowest BCUT2D eigenvalue weighted by atomic mass is 10.1. The Bertz CT molecular complexity index is 671. The second kappa shape index (κ2) is 8.32. The lowest BCUT2D eigenvalue weighted by Crippen LogP contribution is -2.28. The van der Waals surface area contributed by atoms with Crippen LogP contribution in [-0.2, 0) is 17.6 Å². The number of nitrogens with zero attached hydrogens (tertiary/aromatic N) is 1. The van der Waals surface area contributed by atoms with Crippen LogP contribution in [0.2, 0.25) is 10.0 Å². The van der Waals surface area contributed by atoms with Crippen LogP contribution < -0.4 is 5.32 Å². The Morgan fingerprint density at radius 2 is 1.91 bits per heavy atom. The molecule has 0 saturated heterocycles. The molecule has 0 bridgehead atoms. The molecule has 0 aliphatic rings. The topological polar surface area (TPSA) is 42.0 Å². The van der Waals surface area contributed by atoms with Crippen molar-refractivity contribution in [2.75, 3.05) is 0 Å². The molecule has 0 aliphatic heterocycles. The Balaban J connectivity index is 1.94. The molecule has 0 aliphatic carbocycles. The van der Waals surface area contributed by atoms with E-state index >= 15 is 0 Å². The van der Waals surface area contributed by atoms with E-state index in [0.29, 0.717) is 10.0 Å². The van der Waals surface area contributed by atoms with Gasteiger partial charge in [0.2, 0.25) is 5.91 Å². The van der Waals surface area contributed by atoms with Crippen LogP contribution in [-0.4, -0.2) is 10.9 Å². The Labute approximate surface area is 147 Å². The maximum Gasteiger partial charge on any atom is 0.224 e. The highest BCUT2D eigenvalue weighted by molar-refractivity contribution is 6.42. The molecule has 1 aromatic heterocycles. The van der Waals surface area contributed by atoms with Crippen molar-refractivity contribution >= 4 is 29.1 Å². The molecule has 5 heteroatoms. The molecule has 1 unspecified atom stereocenters. The predicted octanol–water partition coefficient (Wildman–Crippen LogP) is 4.76. The highest BCUT2D eigenvalue weighted by Crippen LogP contribution is 2.23. The van der Waals surface area contributed by atoms with Crippen molar-refractivity contribution in [2.24, 2.45) is 0 Å². The third-order valence-corrected chi connectivity index (χ3v) is 4.30. The van der Waals surface area contributed by atoms with E-state index < -0.39 is 0 Å². The quantitative estimate of drug-likeness (QED) is 0.815. The van der Waals surface area contributed by atoms with Gasteiger partial charge < -0.3 is 5.32 Å². The zero-order valence-corrected chi connectivity index (χ0v) is 14.8. The van der Waals surface area contributed by atoms with Gasteiger partial charge in [0.05, 0.1) is 28.2 Å². The molecular formula is C18H20Cl2N2O. The summed E-state index contributed by atoms with van der Waals surface area (Å²) in [6.07, 6.45) is 4.25. The Morgan fingerprint density at radius 3 is 2.52 bits per heavy atom. The van der Waals surface area contributed by atoms with E-state index in [1.807, 2.05) is 19.2 Å². The molecule has 0 fully saturated rings. The van der Waals surface area contributed by atoms with Crippen molar-refractivity contribution in [3.8, 4) is 0 Å². The fourth-order valence-electron chi connectivity index (χ4n) is 2.33. The van der Waals surface area contributed by atoms with Crippen molar-refractivity contribution in [3.05, 3.63) is 63.4 Å². The van der Waals surface area contributed by atoms with Gasteiger partial charge in [0.1, 0.15) is 0 Å². The Morgan fingerprint density at radius 1 is 1.17 bits per heavy atom. The van der Waals surface area contributed by atoms with Crippen molar-refractivity contribution in [1.82, 2.24) is 10.3 Å². The van der Waals surface area contributed by atoms with Crippen LogP contribution in [0.1, 0.15) is 43.1 Å². The monoisotopic (exact) mass is 350 g/mol. The number of rotatable bonds is 6. The van der Waals surface area contributed by atoms with Gasteiger partial charge in [-0.3, -0.25) is 9.78 Å². The second-order valence-electron chi connectivity index (χ2n) is 5.56. The number of carbonyl (C=O) groups is 1. The Hall–Kier alpha value is -1.58. The smallest absolute Gasteiger partial charge is 0.224 e. The van der Waals surface area contributed by atoms with Gasteiger partial charge in [0.15, 0.2) is 0 Å². The van der Waals surface area contributed by atoms with Crippen molar-refractivity contribution < 1.29 is 4.79 Å². The van der Waals surface area contributed by atoms with E-state index in [0.717, 1.165) is 24.1 Å². The molecule has 0 spiro atoms. The summed E-state index contributed by atoms with van der Waals surface area (Å²) < 4.78 is 0. The van der Waals surface area contributed by atoms with Gasteiger partial charge in [-0.2, -0.15) is 0 Å². The predicted molar refractivity (Wildman–Crippen MR) is 95.0 cm³/mol. The van der Waals surface area contributed by atoms with Gasteiger partial charge in [0.25, 0.3) is 0 Å². The third kappa shape index (κ3) is 5.22. The zero-order chi connectivity index (χ0) is 16.8. The van der Waals surface area contributed by atoms with E-state index in [-0.39, 0.29) is 18.4 Å². The van der Waals surface area contributed by atoms with Gasteiger partial charge in [-0.1, -0.05) is 48.7 Å². The fourth-order valence-corrected chi connectivity index (χ4v) is 2.65. The van der Waals surface area contributed by atoms with Gasteiger partial charge in [-0.05, 0) is 42.7 Å². The first-order valence-electron chi connectivity index (χ1n) is 7.67. The third-order valence-electron chi connectivity index (χ3n) is 3.56. The molecule has 1 amide bonds. The minimum atomic E-state index is -0.138. The van der Waals surface area contributed by atoms with E-state index in [1.165, 1.54) is 5.56 Å². The zero-order valence-electron chi connectivity index (χ0n) is 13.3. The fraction of sp³-hybridized carbons (Fsp3) is 0.333.